The Bertz CT molecular complexity index is 665. The first-order valence-electron chi connectivity index (χ1n) is 5.72. The number of nitrogens with zero attached hydrogens (tertiary/aromatic N) is 1. The van der Waals surface area contributed by atoms with E-state index in [9.17, 15) is 16.8 Å². The Kier molecular flexibility index (Phi) is 3.97. The van der Waals surface area contributed by atoms with Gasteiger partial charge < -0.3 is 4.98 Å². The van der Waals surface area contributed by atoms with Gasteiger partial charge in [0.1, 0.15) is 0 Å². The van der Waals surface area contributed by atoms with Gasteiger partial charge in [0, 0.05) is 24.5 Å². The molecular weight excluding hydrogens is 312 g/mol. The maximum atomic E-state index is 12.4. The van der Waals surface area contributed by atoms with E-state index in [0.717, 1.165) is 0 Å². The molecule has 0 saturated carbocycles. The molecule has 1 aromatic rings. The first-order valence-corrected chi connectivity index (χ1v) is 9.51. The highest BCUT2D eigenvalue weighted by Gasteiger charge is 2.36. The number of alkyl halides is 1. The Balaban J connectivity index is 2.30. The maximum Gasteiger partial charge on any atom is 0.244 e. The maximum absolute atomic E-state index is 12.4. The minimum absolute atomic E-state index is 0.00672. The molecule has 1 atom stereocenters. The van der Waals surface area contributed by atoms with E-state index >= 15 is 0 Å². The first-order chi connectivity index (χ1) is 8.76. The number of hydrogen-bond acceptors (Lipinski definition) is 4. The van der Waals surface area contributed by atoms with Gasteiger partial charge in [0.2, 0.25) is 10.0 Å². The fourth-order valence-electron chi connectivity index (χ4n) is 2.12. The third-order valence-electron chi connectivity index (χ3n) is 3.08. The second kappa shape index (κ2) is 5.08. The zero-order chi connectivity index (χ0) is 14.3. The number of aromatic amines is 1. The molecule has 1 aliphatic heterocycles. The third-order valence-corrected chi connectivity index (χ3v) is 7.15. The zero-order valence-electron chi connectivity index (χ0n) is 10.3. The molecule has 1 saturated heterocycles. The van der Waals surface area contributed by atoms with E-state index in [0.29, 0.717) is 5.69 Å². The Morgan fingerprint density at radius 2 is 2.21 bits per heavy atom. The third kappa shape index (κ3) is 2.96. The average Bonchev–Trinajstić information content (AvgIpc) is 2.76. The Morgan fingerprint density at radius 3 is 2.74 bits per heavy atom. The lowest BCUT2D eigenvalue weighted by Gasteiger charge is -2.31. The highest BCUT2D eigenvalue weighted by atomic mass is 35.5. The van der Waals surface area contributed by atoms with Crippen molar-refractivity contribution in [3.05, 3.63) is 18.0 Å². The number of sulfone groups is 1. The summed E-state index contributed by atoms with van der Waals surface area (Å²) >= 11 is 5.62. The van der Waals surface area contributed by atoms with Crippen LogP contribution in [0.1, 0.15) is 12.6 Å². The normalized spacial score (nSPS) is 24.4. The van der Waals surface area contributed by atoms with Crippen LogP contribution in [0.3, 0.4) is 0 Å². The zero-order valence-corrected chi connectivity index (χ0v) is 12.7. The summed E-state index contributed by atoms with van der Waals surface area (Å²) in [6.07, 6.45) is 1.38. The molecule has 0 amide bonds. The largest absolute Gasteiger partial charge is 0.363 e. The van der Waals surface area contributed by atoms with Crippen LogP contribution in [0.5, 0.6) is 0 Å². The van der Waals surface area contributed by atoms with Crippen LogP contribution in [-0.4, -0.2) is 50.2 Å². The van der Waals surface area contributed by atoms with E-state index < -0.39 is 25.9 Å². The van der Waals surface area contributed by atoms with Crippen molar-refractivity contribution < 1.29 is 16.8 Å². The molecule has 1 aromatic heterocycles. The molecule has 1 aliphatic rings. The van der Waals surface area contributed by atoms with E-state index in [1.807, 2.05) is 0 Å². The lowest BCUT2D eigenvalue weighted by molar-refractivity contribution is 0.357. The minimum atomic E-state index is -3.67. The predicted molar refractivity (Wildman–Crippen MR) is 72.4 cm³/mol. The van der Waals surface area contributed by atoms with Crippen molar-refractivity contribution >= 4 is 31.5 Å². The number of H-pyrrole nitrogens is 1. The SMILES string of the molecule is CC1CS(=O)(=O)CCN1S(=O)(=O)c1c[nH]c(CCl)c1. The summed E-state index contributed by atoms with van der Waals surface area (Å²) in [4.78, 5) is 2.90. The van der Waals surface area contributed by atoms with Crippen molar-refractivity contribution in [2.45, 2.75) is 23.7 Å². The van der Waals surface area contributed by atoms with Crippen LogP contribution < -0.4 is 0 Å². The van der Waals surface area contributed by atoms with Crippen LogP contribution in [0.15, 0.2) is 17.2 Å². The number of halogens is 1. The summed E-state index contributed by atoms with van der Waals surface area (Å²) in [5.74, 6) is -0.0815. The number of hydrogen-bond donors (Lipinski definition) is 1. The lowest BCUT2D eigenvalue weighted by atomic mass is 10.4. The van der Waals surface area contributed by atoms with Crippen molar-refractivity contribution in [3.8, 4) is 0 Å². The molecule has 9 heteroatoms. The van der Waals surface area contributed by atoms with Crippen LogP contribution in [0.25, 0.3) is 0 Å². The second-order valence-corrected chi connectivity index (χ2v) is 8.96. The summed E-state index contributed by atoms with van der Waals surface area (Å²) in [7, 11) is -6.81. The number of sulfonamides is 1. The minimum Gasteiger partial charge on any atom is -0.363 e. The van der Waals surface area contributed by atoms with E-state index in [1.165, 1.54) is 16.6 Å². The molecule has 0 aromatic carbocycles. The van der Waals surface area contributed by atoms with Gasteiger partial charge in [-0.25, -0.2) is 16.8 Å². The highest BCUT2D eigenvalue weighted by molar-refractivity contribution is 7.92. The van der Waals surface area contributed by atoms with Gasteiger partial charge in [-0.2, -0.15) is 4.31 Å². The lowest BCUT2D eigenvalue weighted by Crippen LogP contribution is -2.49. The summed E-state index contributed by atoms with van der Waals surface area (Å²) in [6.45, 7) is 1.59. The topological polar surface area (TPSA) is 87.3 Å². The van der Waals surface area contributed by atoms with E-state index in [2.05, 4.69) is 4.98 Å². The second-order valence-electron chi connectivity index (χ2n) is 4.57. The standard InChI is InChI=1S/C10H15ClN2O4S2/c1-8-7-18(14,15)3-2-13(8)19(16,17)10-4-9(5-11)12-6-10/h4,6,8,12H,2-3,5,7H2,1H3. The van der Waals surface area contributed by atoms with Crippen molar-refractivity contribution in [3.63, 3.8) is 0 Å². The summed E-state index contributed by atoms with van der Waals surface area (Å²) in [6, 6.07) is 0.913. The van der Waals surface area contributed by atoms with Crippen LogP contribution in [0, 0.1) is 0 Å². The van der Waals surface area contributed by atoms with Gasteiger partial charge in [0.05, 0.1) is 22.3 Å². The number of nitrogens with one attached hydrogen (secondary N) is 1. The van der Waals surface area contributed by atoms with Crippen molar-refractivity contribution in [2.24, 2.45) is 0 Å². The molecule has 2 rings (SSSR count). The van der Waals surface area contributed by atoms with Gasteiger partial charge in [0.25, 0.3) is 0 Å². The van der Waals surface area contributed by atoms with Crippen LogP contribution in [-0.2, 0) is 25.7 Å². The van der Waals surface area contributed by atoms with Gasteiger partial charge in [0.15, 0.2) is 9.84 Å². The van der Waals surface area contributed by atoms with Crippen LogP contribution >= 0.6 is 11.6 Å². The van der Waals surface area contributed by atoms with Crippen molar-refractivity contribution in [2.75, 3.05) is 18.1 Å². The summed E-state index contributed by atoms with van der Waals surface area (Å²) < 4.78 is 49.0. The molecule has 2 heterocycles. The van der Waals surface area contributed by atoms with E-state index in [-0.39, 0.29) is 28.8 Å². The Morgan fingerprint density at radius 1 is 1.53 bits per heavy atom. The van der Waals surface area contributed by atoms with Crippen molar-refractivity contribution in [1.82, 2.24) is 9.29 Å². The molecule has 108 valence electrons. The van der Waals surface area contributed by atoms with Gasteiger partial charge >= 0.3 is 0 Å². The van der Waals surface area contributed by atoms with E-state index in [1.54, 1.807) is 6.92 Å². The van der Waals surface area contributed by atoms with Crippen molar-refractivity contribution in [1.29, 1.82) is 0 Å². The Hall–Kier alpha value is -0.570. The molecule has 0 radical (unpaired) electrons. The molecule has 0 aliphatic carbocycles. The molecule has 1 fully saturated rings. The van der Waals surface area contributed by atoms with Crippen LogP contribution in [0.4, 0.5) is 0 Å². The highest BCUT2D eigenvalue weighted by Crippen LogP contribution is 2.23. The summed E-state index contributed by atoms with van der Waals surface area (Å²) in [5.41, 5.74) is 0.609. The summed E-state index contributed by atoms with van der Waals surface area (Å²) in [5, 5.41) is 0. The molecule has 1 unspecified atom stereocenters. The number of aromatic nitrogens is 1. The molecule has 0 bridgehead atoms. The Labute approximate surface area is 117 Å². The van der Waals surface area contributed by atoms with Gasteiger partial charge in [-0.3, -0.25) is 0 Å². The fraction of sp³-hybridized carbons (Fsp3) is 0.600. The smallest absolute Gasteiger partial charge is 0.244 e. The van der Waals surface area contributed by atoms with Gasteiger partial charge in [-0.15, -0.1) is 11.6 Å². The first kappa shape index (κ1) is 14.8. The monoisotopic (exact) mass is 326 g/mol. The average molecular weight is 327 g/mol. The van der Waals surface area contributed by atoms with Gasteiger partial charge in [-0.05, 0) is 13.0 Å². The quantitative estimate of drug-likeness (QED) is 0.822. The van der Waals surface area contributed by atoms with E-state index in [4.69, 9.17) is 11.6 Å². The molecule has 6 nitrogen and oxygen atoms in total. The fourth-order valence-corrected chi connectivity index (χ4v) is 5.69. The molecule has 19 heavy (non-hydrogen) atoms. The number of rotatable bonds is 3. The molecular formula is C10H15ClN2O4S2. The molecule has 0 spiro atoms. The molecule has 1 N–H and O–H groups in total. The van der Waals surface area contributed by atoms with Crippen LogP contribution in [0.2, 0.25) is 0 Å². The van der Waals surface area contributed by atoms with Gasteiger partial charge in [-0.1, -0.05) is 0 Å². The predicted octanol–water partition coefficient (Wildman–Crippen LogP) is 0.561.